The lowest BCUT2D eigenvalue weighted by atomic mass is 10.3. The number of rotatable bonds is 3. The van der Waals surface area contributed by atoms with Crippen molar-refractivity contribution in [1.82, 2.24) is 0 Å². The molecule has 2 rings (SSSR count). The van der Waals surface area contributed by atoms with Gasteiger partial charge in [0.05, 0.1) is 5.69 Å². The Morgan fingerprint density at radius 1 is 1.25 bits per heavy atom. The normalized spacial score (nSPS) is 17.0. The summed E-state index contributed by atoms with van der Waals surface area (Å²) in [6, 6.07) is 10.1. The average Bonchev–Trinajstić information content (AvgIpc) is 2.90. The maximum absolute atomic E-state index is 4.36. The van der Waals surface area contributed by atoms with Crippen LogP contribution in [-0.4, -0.2) is 6.21 Å². The Bertz CT molecular complexity index is 260. The summed E-state index contributed by atoms with van der Waals surface area (Å²) < 4.78 is 0. The number of aliphatic imine (C=N–C) groups is 1. The topological polar surface area (TPSA) is 12.4 Å². The Morgan fingerprint density at radius 3 is 2.67 bits per heavy atom. The number of para-hydroxylation sites is 1. The van der Waals surface area contributed by atoms with Crippen LogP contribution in [0.1, 0.15) is 19.3 Å². The van der Waals surface area contributed by atoms with Crippen molar-refractivity contribution in [3.63, 3.8) is 0 Å². The van der Waals surface area contributed by atoms with Gasteiger partial charge < -0.3 is 0 Å². The van der Waals surface area contributed by atoms with E-state index < -0.39 is 0 Å². The van der Waals surface area contributed by atoms with Gasteiger partial charge in [0.1, 0.15) is 0 Å². The van der Waals surface area contributed by atoms with Gasteiger partial charge in [-0.2, -0.15) is 0 Å². The third-order valence-electron chi connectivity index (χ3n) is 2.13. The first kappa shape index (κ1) is 7.53. The molecular formula is C11H13N. The molecular weight excluding hydrogens is 146 g/mol. The molecule has 0 heterocycles. The van der Waals surface area contributed by atoms with Crippen LogP contribution in [-0.2, 0) is 0 Å². The molecule has 0 N–H and O–H groups in total. The predicted octanol–water partition coefficient (Wildman–Crippen LogP) is 3.19. The number of nitrogens with zero attached hydrogens (tertiary/aromatic N) is 1. The Balaban J connectivity index is 1.89. The molecule has 1 nitrogen and oxygen atoms in total. The first-order chi connectivity index (χ1) is 5.95. The van der Waals surface area contributed by atoms with E-state index in [-0.39, 0.29) is 0 Å². The van der Waals surface area contributed by atoms with Crippen LogP contribution in [0.15, 0.2) is 35.3 Å². The first-order valence-electron chi connectivity index (χ1n) is 4.53. The van der Waals surface area contributed by atoms with E-state index >= 15 is 0 Å². The summed E-state index contributed by atoms with van der Waals surface area (Å²) in [6.07, 6.45) is 6.02. The fraction of sp³-hybridized carbons (Fsp3) is 0.364. The minimum absolute atomic E-state index is 0.942. The molecule has 0 atom stereocenters. The standard InChI is InChI=1S/C11H13N/c1-2-4-11(5-3-1)12-9-8-10-6-7-10/h1-5,9-10H,6-8H2. The number of hydrogen-bond donors (Lipinski definition) is 0. The highest BCUT2D eigenvalue weighted by atomic mass is 14.7. The van der Waals surface area contributed by atoms with E-state index in [1.54, 1.807) is 0 Å². The minimum Gasteiger partial charge on any atom is -0.261 e. The van der Waals surface area contributed by atoms with Gasteiger partial charge in [0.2, 0.25) is 0 Å². The molecule has 1 heteroatoms. The van der Waals surface area contributed by atoms with E-state index in [0.717, 1.165) is 18.0 Å². The molecule has 1 aromatic rings. The molecule has 0 amide bonds. The van der Waals surface area contributed by atoms with E-state index in [2.05, 4.69) is 4.99 Å². The molecule has 0 saturated heterocycles. The van der Waals surface area contributed by atoms with Crippen molar-refractivity contribution in [3.8, 4) is 0 Å². The van der Waals surface area contributed by atoms with Crippen LogP contribution < -0.4 is 0 Å². The third kappa shape index (κ3) is 2.19. The van der Waals surface area contributed by atoms with Crippen molar-refractivity contribution < 1.29 is 0 Å². The first-order valence-corrected chi connectivity index (χ1v) is 4.53. The fourth-order valence-corrected chi connectivity index (χ4v) is 1.17. The summed E-state index contributed by atoms with van der Waals surface area (Å²) in [6.45, 7) is 0. The Hall–Kier alpha value is -1.11. The van der Waals surface area contributed by atoms with Crippen LogP contribution in [0.4, 0.5) is 5.69 Å². The van der Waals surface area contributed by atoms with Gasteiger partial charge in [0.15, 0.2) is 0 Å². The molecule has 0 aromatic heterocycles. The number of hydrogen-bond acceptors (Lipinski definition) is 1. The molecule has 1 aliphatic carbocycles. The number of benzene rings is 1. The molecule has 0 aliphatic heterocycles. The van der Waals surface area contributed by atoms with Crippen LogP contribution in [0, 0.1) is 5.92 Å². The fourth-order valence-electron chi connectivity index (χ4n) is 1.17. The molecule has 0 bridgehead atoms. The SMILES string of the molecule is C(CC1CC1)=Nc1ccccc1. The Kier molecular flexibility index (Phi) is 2.21. The molecule has 1 saturated carbocycles. The van der Waals surface area contributed by atoms with E-state index in [1.807, 2.05) is 36.5 Å². The Morgan fingerprint density at radius 2 is 2.00 bits per heavy atom. The molecule has 0 spiro atoms. The second-order valence-electron chi connectivity index (χ2n) is 3.33. The van der Waals surface area contributed by atoms with E-state index in [1.165, 1.54) is 12.8 Å². The smallest absolute Gasteiger partial charge is 0.0625 e. The average molecular weight is 159 g/mol. The van der Waals surface area contributed by atoms with Gasteiger partial charge >= 0.3 is 0 Å². The van der Waals surface area contributed by atoms with Gasteiger partial charge in [0, 0.05) is 6.21 Å². The van der Waals surface area contributed by atoms with Gasteiger partial charge in [-0.1, -0.05) is 18.2 Å². The summed E-state index contributed by atoms with van der Waals surface area (Å²) in [7, 11) is 0. The van der Waals surface area contributed by atoms with Crippen molar-refractivity contribution in [3.05, 3.63) is 30.3 Å². The summed E-state index contributed by atoms with van der Waals surface area (Å²) in [5.74, 6) is 0.942. The molecule has 1 aliphatic rings. The van der Waals surface area contributed by atoms with Gasteiger partial charge in [-0.25, -0.2) is 0 Å². The van der Waals surface area contributed by atoms with Gasteiger partial charge in [-0.05, 0) is 37.3 Å². The summed E-state index contributed by atoms with van der Waals surface area (Å²) in [5, 5.41) is 0. The molecule has 0 unspecified atom stereocenters. The summed E-state index contributed by atoms with van der Waals surface area (Å²) in [4.78, 5) is 4.36. The van der Waals surface area contributed by atoms with E-state index in [4.69, 9.17) is 0 Å². The molecule has 62 valence electrons. The van der Waals surface area contributed by atoms with Crippen LogP contribution in [0.25, 0.3) is 0 Å². The summed E-state index contributed by atoms with van der Waals surface area (Å²) in [5.41, 5.74) is 1.07. The maximum atomic E-state index is 4.36. The van der Waals surface area contributed by atoms with Crippen molar-refractivity contribution in [2.24, 2.45) is 10.9 Å². The molecule has 1 fully saturated rings. The zero-order chi connectivity index (χ0) is 8.23. The zero-order valence-corrected chi connectivity index (χ0v) is 7.11. The highest BCUT2D eigenvalue weighted by Crippen LogP contribution is 2.31. The lowest BCUT2D eigenvalue weighted by Crippen LogP contribution is -1.76. The van der Waals surface area contributed by atoms with Crippen molar-refractivity contribution >= 4 is 11.9 Å². The van der Waals surface area contributed by atoms with Crippen molar-refractivity contribution in [1.29, 1.82) is 0 Å². The van der Waals surface area contributed by atoms with Gasteiger partial charge in [-0.3, -0.25) is 4.99 Å². The molecule has 0 radical (unpaired) electrons. The van der Waals surface area contributed by atoms with Gasteiger partial charge in [0.25, 0.3) is 0 Å². The second-order valence-corrected chi connectivity index (χ2v) is 3.33. The maximum Gasteiger partial charge on any atom is 0.0625 e. The quantitative estimate of drug-likeness (QED) is 0.600. The lowest BCUT2D eigenvalue weighted by molar-refractivity contribution is 0.907. The molecule has 1 aromatic carbocycles. The summed E-state index contributed by atoms with van der Waals surface area (Å²) >= 11 is 0. The van der Waals surface area contributed by atoms with Crippen LogP contribution in [0.3, 0.4) is 0 Å². The monoisotopic (exact) mass is 159 g/mol. The third-order valence-corrected chi connectivity index (χ3v) is 2.13. The Labute approximate surface area is 73.1 Å². The van der Waals surface area contributed by atoms with Crippen molar-refractivity contribution in [2.45, 2.75) is 19.3 Å². The van der Waals surface area contributed by atoms with Crippen LogP contribution in [0.2, 0.25) is 0 Å². The van der Waals surface area contributed by atoms with Crippen molar-refractivity contribution in [2.75, 3.05) is 0 Å². The lowest BCUT2D eigenvalue weighted by Gasteiger charge is -1.90. The van der Waals surface area contributed by atoms with Crippen LogP contribution >= 0.6 is 0 Å². The van der Waals surface area contributed by atoms with E-state index in [9.17, 15) is 0 Å². The minimum atomic E-state index is 0.942. The predicted molar refractivity (Wildman–Crippen MR) is 51.9 cm³/mol. The highest BCUT2D eigenvalue weighted by Gasteiger charge is 2.19. The largest absolute Gasteiger partial charge is 0.261 e. The second kappa shape index (κ2) is 3.53. The highest BCUT2D eigenvalue weighted by molar-refractivity contribution is 5.63. The van der Waals surface area contributed by atoms with Gasteiger partial charge in [-0.15, -0.1) is 0 Å². The van der Waals surface area contributed by atoms with E-state index in [0.29, 0.717) is 0 Å². The zero-order valence-electron chi connectivity index (χ0n) is 7.11. The molecule has 12 heavy (non-hydrogen) atoms. The van der Waals surface area contributed by atoms with Crippen LogP contribution in [0.5, 0.6) is 0 Å².